The lowest BCUT2D eigenvalue weighted by Gasteiger charge is -2.20. The number of carbonyl (C=O) groups is 2. The molecule has 11 heteroatoms. The molecular formula is C20H20ClF3N2O5. The average Bonchev–Trinajstić information content (AvgIpc) is 2.72. The topological polar surface area (TPSA) is 77.1 Å². The number of halogens is 4. The maximum absolute atomic E-state index is 13.0. The highest BCUT2D eigenvalue weighted by atomic mass is 35.5. The smallest absolute Gasteiger partial charge is 0.417 e. The van der Waals surface area contributed by atoms with Gasteiger partial charge in [-0.15, -0.1) is 0 Å². The molecule has 0 radical (unpaired) electrons. The summed E-state index contributed by atoms with van der Waals surface area (Å²) in [4.78, 5) is 26.2. The van der Waals surface area contributed by atoms with Gasteiger partial charge in [0.1, 0.15) is 5.75 Å². The number of nitrogens with zero attached hydrogens (tertiary/aromatic N) is 1. The van der Waals surface area contributed by atoms with Crippen LogP contribution in [-0.4, -0.2) is 51.6 Å². The zero-order chi connectivity index (χ0) is 23.3. The molecule has 2 aromatic carbocycles. The van der Waals surface area contributed by atoms with Crippen LogP contribution in [0.5, 0.6) is 17.2 Å². The summed E-state index contributed by atoms with van der Waals surface area (Å²) in [7, 11) is 5.55. The van der Waals surface area contributed by atoms with Gasteiger partial charge in [-0.05, 0) is 18.2 Å². The number of carbonyl (C=O) groups excluding carboxylic acids is 2. The molecule has 0 saturated heterocycles. The molecule has 0 heterocycles. The van der Waals surface area contributed by atoms with Crippen molar-refractivity contribution in [3.63, 3.8) is 0 Å². The molecule has 0 aliphatic heterocycles. The molecule has 0 bridgehead atoms. The third-order valence-corrected chi connectivity index (χ3v) is 4.55. The normalized spacial score (nSPS) is 11.0. The fraction of sp³-hybridized carbons (Fsp3) is 0.300. The minimum Gasteiger partial charge on any atom is -0.496 e. The number of nitrogens with one attached hydrogen (secondary N) is 1. The fourth-order valence-electron chi connectivity index (χ4n) is 2.71. The number of alkyl halides is 3. The van der Waals surface area contributed by atoms with E-state index < -0.39 is 35.1 Å². The van der Waals surface area contributed by atoms with Gasteiger partial charge >= 0.3 is 6.18 Å². The van der Waals surface area contributed by atoms with Crippen LogP contribution in [0.2, 0.25) is 5.02 Å². The van der Waals surface area contributed by atoms with Gasteiger partial charge in [-0.25, -0.2) is 0 Å². The molecule has 0 spiro atoms. The van der Waals surface area contributed by atoms with Gasteiger partial charge in [0, 0.05) is 24.9 Å². The predicted molar refractivity (Wildman–Crippen MR) is 108 cm³/mol. The van der Waals surface area contributed by atoms with E-state index in [1.54, 1.807) is 0 Å². The molecule has 0 atom stereocenters. The van der Waals surface area contributed by atoms with E-state index in [2.05, 4.69) is 5.32 Å². The van der Waals surface area contributed by atoms with E-state index in [1.165, 1.54) is 46.6 Å². The van der Waals surface area contributed by atoms with Gasteiger partial charge < -0.3 is 24.4 Å². The summed E-state index contributed by atoms with van der Waals surface area (Å²) < 4.78 is 54.5. The Morgan fingerprint density at radius 1 is 1.00 bits per heavy atom. The molecule has 0 fully saturated rings. The highest BCUT2D eigenvalue weighted by Gasteiger charge is 2.33. The van der Waals surface area contributed by atoms with Crippen molar-refractivity contribution in [2.24, 2.45) is 0 Å². The van der Waals surface area contributed by atoms with Gasteiger partial charge in [-0.1, -0.05) is 11.6 Å². The minimum absolute atomic E-state index is 0.105. The number of amides is 2. The van der Waals surface area contributed by atoms with E-state index >= 15 is 0 Å². The molecular weight excluding hydrogens is 441 g/mol. The second kappa shape index (κ2) is 9.78. The van der Waals surface area contributed by atoms with Gasteiger partial charge in [0.05, 0.1) is 44.0 Å². The lowest BCUT2D eigenvalue weighted by atomic mass is 10.1. The molecule has 2 amide bonds. The predicted octanol–water partition coefficient (Wildman–Crippen LogP) is 4.10. The Labute approximate surface area is 181 Å². The van der Waals surface area contributed by atoms with Crippen molar-refractivity contribution in [3.05, 3.63) is 46.5 Å². The lowest BCUT2D eigenvalue weighted by Crippen LogP contribution is -2.35. The number of methoxy groups -OCH3 is 3. The van der Waals surface area contributed by atoms with Crippen molar-refractivity contribution >= 4 is 29.1 Å². The summed E-state index contributed by atoms with van der Waals surface area (Å²) in [5.74, 6) is -0.446. The Hall–Kier alpha value is -3.14. The Morgan fingerprint density at radius 2 is 1.58 bits per heavy atom. The highest BCUT2D eigenvalue weighted by molar-refractivity contribution is 6.31. The summed E-state index contributed by atoms with van der Waals surface area (Å²) in [6.45, 7) is -0.430. The van der Waals surface area contributed by atoms with Crippen molar-refractivity contribution in [2.75, 3.05) is 40.2 Å². The first-order valence-corrected chi connectivity index (χ1v) is 9.11. The number of anilines is 1. The maximum Gasteiger partial charge on any atom is 0.417 e. The van der Waals surface area contributed by atoms with Gasteiger partial charge in [0.15, 0.2) is 11.5 Å². The number of likely N-dealkylation sites (N-methyl/N-ethyl adjacent to an activating group) is 1. The average molecular weight is 461 g/mol. The van der Waals surface area contributed by atoms with Crippen molar-refractivity contribution in [1.29, 1.82) is 0 Å². The fourth-order valence-corrected chi connectivity index (χ4v) is 2.93. The van der Waals surface area contributed by atoms with Crippen LogP contribution < -0.4 is 19.5 Å². The zero-order valence-corrected chi connectivity index (χ0v) is 17.9. The first kappa shape index (κ1) is 24.1. The maximum atomic E-state index is 13.0. The molecule has 7 nitrogen and oxygen atoms in total. The van der Waals surface area contributed by atoms with E-state index in [4.69, 9.17) is 25.8 Å². The third kappa shape index (κ3) is 5.72. The summed E-state index contributed by atoms with van der Waals surface area (Å²) in [6.07, 6.45) is -4.67. The molecule has 0 saturated carbocycles. The van der Waals surface area contributed by atoms with Gasteiger partial charge in [0.25, 0.3) is 5.91 Å². The highest BCUT2D eigenvalue weighted by Crippen LogP contribution is 2.36. The number of hydrogen-bond donors (Lipinski definition) is 1. The summed E-state index contributed by atoms with van der Waals surface area (Å²) >= 11 is 5.57. The summed E-state index contributed by atoms with van der Waals surface area (Å²) in [5, 5.41) is 1.83. The molecule has 2 aromatic rings. The Balaban J connectivity index is 2.18. The van der Waals surface area contributed by atoms with Gasteiger partial charge in [-0.2, -0.15) is 13.2 Å². The van der Waals surface area contributed by atoms with Crippen LogP contribution in [0.3, 0.4) is 0 Å². The zero-order valence-electron chi connectivity index (χ0n) is 17.1. The molecule has 0 aliphatic carbocycles. The lowest BCUT2D eigenvalue weighted by molar-refractivity contribution is -0.137. The first-order chi connectivity index (χ1) is 14.5. The molecule has 0 unspecified atom stereocenters. The van der Waals surface area contributed by atoms with Crippen LogP contribution >= 0.6 is 11.6 Å². The molecule has 168 valence electrons. The minimum atomic E-state index is -4.67. The molecule has 2 rings (SSSR count). The van der Waals surface area contributed by atoms with Crippen LogP contribution in [0.25, 0.3) is 0 Å². The monoisotopic (exact) mass is 460 g/mol. The largest absolute Gasteiger partial charge is 0.496 e. The second-order valence-corrected chi connectivity index (χ2v) is 6.72. The van der Waals surface area contributed by atoms with E-state index in [-0.39, 0.29) is 22.7 Å². The SMILES string of the molecule is COc1cc(OC)c(C(=O)N(C)CC(=O)Nc2ccc(Cl)c(C(F)(F)F)c2)cc1OC. The summed E-state index contributed by atoms with van der Waals surface area (Å²) in [6, 6.07) is 5.85. The molecule has 0 aliphatic rings. The number of hydrogen-bond acceptors (Lipinski definition) is 5. The van der Waals surface area contributed by atoms with E-state index in [9.17, 15) is 22.8 Å². The molecule has 1 N–H and O–H groups in total. The standard InChI is InChI=1S/C20H20ClF3N2O5/c1-26(19(28)12-8-16(30-3)17(31-4)9-15(12)29-2)10-18(27)25-11-5-6-14(21)13(7-11)20(22,23)24/h5-9H,10H2,1-4H3,(H,25,27). The molecule has 31 heavy (non-hydrogen) atoms. The first-order valence-electron chi connectivity index (χ1n) is 8.73. The van der Waals surface area contributed by atoms with Crippen LogP contribution in [-0.2, 0) is 11.0 Å². The van der Waals surface area contributed by atoms with Gasteiger partial charge in [0.2, 0.25) is 5.91 Å². The van der Waals surface area contributed by atoms with Crippen LogP contribution in [0.1, 0.15) is 15.9 Å². The number of benzene rings is 2. The Bertz CT molecular complexity index is 982. The number of ether oxygens (including phenoxy) is 3. The quantitative estimate of drug-likeness (QED) is 0.673. The summed E-state index contributed by atoms with van der Waals surface area (Å²) in [5.41, 5.74) is -1.07. The van der Waals surface area contributed by atoms with Crippen molar-refractivity contribution in [1.82, 2.24) is 4.90 Å². The van der Waals surface area contributed by atoms with Crippen LogP contribution in [0, 0.1) is 0 Å². The van der Waals surface area contributed by atoms with Gasteiger partial charge in [-0.3, -0.25) is 9.59 Å². The van der Waals surface area contributed by atoms with Crippen LogP contribution in [0.4, 0.5) is 18.9 Å². The van der Waals surface area contributed by atoms with Crippen molar-refractivity contribution in [2.45, 2.75) is 6.18 Å². The van der Waals surface area contributed by atoms with Crippen LogP contribution in [0.15, 0.2) is 30.3 Å². The Morgan fingerprint density at radius 3 is 2.13 bits per heavy atom. The number of rotatable bonds is 7. The van der Waals surface area contributed by atoms with Crippen molar-refractivity contribution < 1.29 is 37.0 Å². The third-order valence-electron chi connectivity index (χ3n) is 4.22. The van der Waals surface area contributed by atoms with E-state index in [1.807, 2.05) is 0 Å². The van der Waals surface area contributed by atoms with Crippen molar-refractivity contribution in [3.8, 4) is 17.2 Å². The Kier molecular flexibility index (Phi) is 7.61. The van der Waals surface area contributed by atoms with E-state index in [0.29, 0.717) is 5.75 Å². The second-order valence-electron chi connectivity index (χ2n) is 6.31. The molecule has 0 aromatic heterocycles. The van der Waals surface area contributed by atoms with E-state index in [0.717, 1.165) is 17.0 Å².